The molecule has 5 aromatic carbocycles. The third-order valence-electron chi connectivity index (χ3n) is 7.45. The van der Waals surface area contributed by atoms with Crippen LogP contribution >= 0.6 is 0 Å². The van der Waals surface area contributed by atoms with Gasteiger partial charge in [-0.05, 0) is 67.1 Å². The maximum Gasteiger partial charge on any atom is 0.411 e. The van der Waals surface area contributed by atoms with Gasteiger partial charge < -0.3 is 0 Å². The molecule has 222 valence electrons. The largest absolute Gasteiger partial charge is 0.411 e. The Hall–Kier alpha value is -4.32. The average molecular weight is 591 g/mol. The summed E-state index contributed by atoms with van der Waals surface area (Å²) >= 11 is 0. The smallest absolute Gasteiger partial charge is 0.169 e. The highest BCUT2D eigenvalue weighted by Gasteiger charge is 2.72. The first kappa shape index (κ1) is 31.6. The molecule has 0 saturated carbocycles. The van der Waals surface area contributed by atoms with Crippen LogP contribution in [0.25, 0.3) is 22.3 Å². The fraction of sp³-hybridized carbons (Fsp3) is 0.189. The second-order valence-electron chi connectivity index (χ2n) is 10.8. The molecule has 43 heavy (non-hydrogen) atoms. The Morgan fingerprint density at radius 2 is 0.628 bits per heavy atom. The minimum absolute atomic E-state index is 0.580. The molecule has 0 aliphatic rings. The van der Waals surface area contributed by atoms with Gasteiger partial charge in [-0.1, -0.05) is 138 Å². The Bertz CT molecular complexity index is 1500. The van der Waals surface area contributed by atoms with E-state index in [4.69, 9.17) is 0 Å². The van der Waals surface area contributed by atoms with Crippen molar-refractivity contribution >= 4 is 0 Å². The van der Waals surface area contributed by atoms with Gasteiger partial charge in [0.2, 0.25) is 5.41 Å². The molecule has 0 atom stereocenters. The molecule has 0 nitrogen and oxygen atoms in total. The van der Waals surface area contributed by atoms with Crippen molar-refractivity contribution in [1.29, 1.82) is 0 Å². The number of rotatable bonds is 4. The number of halogens is 6. The predicted octanol–water partition coefficient (Wildman–Crippen LogP) is 11.4. The number of aryl methyl sites for hydroxylation is 4. The van der Waals surface area contributed by atoms with Crippen LogP contribution in [0.15, 0.2) is 121 Å². The van der Waals surface area contributed by atoms with Gasteiger partial charge in [0.25, 0.3) is 0 Å². The molecule has 0 N–H and O–H groups in total. The number of benzene rings is 5. The molecule has 0 aromatic heterocycles. The van der Waals surface area contributed by atoms with E-state index in [0.29, 0.717) is 11.1 Å². The molecular weight excluding hydrogens is 558 g/mol. The molecule has 6 heteroatoms. The van der Waals surface area contributed by atoms with Crippen LogP contribution in [0.2, 0.25) is 0 Å². The van der Waals surface area contributed by atoms with Crippen molar-refractivity contribution < 1.29 is 26.3 Å². The maximum atomic E-state index is 13.7. The highest BCUT2D eigenvalue weighted by Crippen LogP contribution is 2.56. The van der Waals surface area contributed by atoms with E-state index in [0.717, 1.165) is 24.3 Å². The van der Waals surface area contributed by atoms with E-state index >= 15 is 0 Å². The van der Waals surface area contributed by atoms with Gasteiger partial charge in [0.15, 0.2) is 0 Å². The fourth-order valence-corrected chi connectivity index (χ4v) is 4.96. The van der Waals surface area contributed by atoms with Crippen molar-refractivity contribution in [2.24, 2.45) is 0 Å². The third-order valence-corrected chi connectivity index (χ3v) is 7.45. The first-order valence-corrected chi connectivity index (χ1v) is 13.7. The van der Waals surface area contributed by atoms with E-state index in [1.165, 1.54) is 57.6 Å². The molecule has 0 saturated heterocycles. The Morgan fingerprint density at radius 1 is 0.349 bits per heavy atom. The van der Waals surface area contributed by atoms with Gasteiger partial charge in [-0.25, -0.2) is 0 Å². The van der Waals surface area contributed by atoms with E-state index in [-0.39, 0.29) is 0 Å². The molecule has 0 spiro atoms. The number of alkyl halides is 6. The first-order chi connectivity index (χ1) is 20.2. The molecule has 0 fully saturated rings. The lowest BCUT2D eigenvalue weighted by Crippen LogP contribution is -2.54. The van der Waals surface area contributed by atoms with Crippen molar-refractivity contribution in [3.05, 3.63) is 155 Å². The van der Waals surface area contributed by atoms with E-state index < -0.39 is 28.9 Å². The first-order valence-electron chi connectivity index (χ1n) is 13.7. The summed E-state index contributed by atoms with van der Waals surface area (Å²) in [5.74, 6) is 0. The zero-order valence-corrected chi connectivity index (χ0v) is 24.3. The van der Waals surface area contributed by atoms with Gasteiger partial charge >= 0.3 is 12.4 Å². The summed E-state index contributed by atoms with van der Waals surface area (Å²) in [5.41, 5.74) is 3.08. The van der Waals surface area contributed by atoms with Gasteiger partial charge in [-0.2, -0.15) is 26.3 Å². The summed E-state index contributed by atoms with van der Waals surface area (Å²) in [6.45, 7) is 7.43. The highest BCUT2D eigenvalue weighted by molar-refractivity contribution is 5.73. The van der Waals surface area contributed by atoms with Crippen LogP contribution in [-0.2, 0) is 5.41 Å². The van der Waals surface area contributed by atoms with Crippen LogP contribution < -0.4 is 0 Å². The monoisotopic (exact) mass is 590 g/mol. The molecule has 0 aliphatic heterocycles. The molecule has 0 radical (unpaired) electrons. The molecule has 5 aromatic rings. The normalized spacial score (nSPS) is 12.0. The summed E-state index contributed by atoms with van der Waals surface area (Å²) < 4.78 is 82.3. The fourth-order valence-electron chi connectivity index (χ4n) is 4.96. The molecular formula is C37H32F6. The van der Waals surface area contributed by atoms with Crippen molar-refractivity contribution in [1.82, 2.24) is 0 Å². The molecule has 0 bridgehead atoms. The maximum absolute atomic E-state index is 13.7. The summed E-state index contributed by atoms with van der Waals surface area (Å²) in [4.78, 5) is 0. The summed E-state index contributed by atoms with van der Waals surface area (Å²) in [6, 6.07) is 34.6. The lowest BCUT2D eigenvalue weighted by molar-refractivity contribution is -0.288. The van der Waals surface area contributed by atoms with E-state index in [1.54, 1.807) is 13.8 Å². The SMILES string of the molecule is Cc1ccc(-c2cccc(-c3ccc(C)cc3)c2)cc1.Cc1ccc(C(c2ccc(C)cc2)(C(F)(F)F)C(F)(F)F)cc1. The van der Waals surface area contributed by atoms with Gasteiger partial charge in [-0.15, -0.1) is 0 Å². The van der Waals surface area contributed by atoms with E-state index in [9.17, 15) is 26.3 Å². The minimum Gasteiger partial charge on any atom is -0.169 e. The van der Waals surface area contributed by atoms with Gasteiger partial charge in [0.05, 0.1) is 0 Å². The predicted molar refractivity (Wildman–Crippen MR) is 162 cm³/mol. The summed E-state index contributed by atoms with van der Waals surface area (Å²) in [6.07, 6.45) is -11.1. The molecule has 0 aliphatic carbocycles. The second-order valence-corrected chi connectivity index (χ2v) is 10.8. The number of hydrogen-bond donors (Lipinski definition) is 0. The lowest BCUT2D eigenvalue weighted by atomic mass is 9.72. The zero-order chi connectivity index (χ0) is 31.4. The lowest BCUT2D eigenvalue weighted by Gasteiger charge is -2.38. The molecule has 0 heterocycles. The van der Waals surface area contributed by atoms with E-state index in [2.05, 4.69) is 86.6 Å². The standard InChI is InChI=1S/C20H18.C17H14F6/c1-15-6-10-17(11-7-15)19-4-3-5-20(14-19)18-12-8-16(2)9-13-18;1-11-3-7-13(8-4-11)15(16(18,19)20,17(21,22)23)14-9-5-12(2)6-10-14/h3-14H,1-2H3;3-10H,1-2H3. The topological polar surface area (TPSA) is 0 Å². The Balaban J connectivity index is 0.000000198. The van der Waals surface area contributed by atoms with Crippen LogP contribution in [0.1, 0.15) is 33.4 Å². The second kappa shape index (κ2) is 12.5. The van der Waals surface area contributed by atoms with Crippen molar-refractivity contribution in [3.63, 3.8) is 0 Å². The van der Waals surface area contributed by atoms with Crippen molar-refractivity contribution in [2.45, 2.75) is 45.5 Å². The average Bonchev–Trinajstić information content (AvgIpc) is 2.95. The summed E-state index contributed by atoms with van der Waals surface area (Å²) in [5, 5.41) is 0. The molecule has 0 unspecified atom stereocenters. The Kier molecular flexibility index (Phi) is 9.19. The zero-order valence-electron chi connectivity index (χ0n) is 24.3. The minimum atomic E-state index is -5.53. The third kappa shape index (κ3) is 6.85. The van der Waals surface area contributed by atoms with Crippen molar-refractivity contribution in [2.75, 3.05) is 0 Å². The number of hydrogen-bond acceptors (Lipinski definition) is 0. The van der Waals surface area contributed by atoms with Gasteiger partial charge in [-0.3, -0.25) is 0 Å². The van der Waals surface area contributed by atoms with Crippen LogP contribution in [0, 0.1) is 27.7 Å². The Labute approximate surface area is 248 Å². The van der Waals surface area contributed by atoms with Crippen LogP contribution in [0.4, 0.5) is 26.3 Å². The Morgan fingerprint density at radius 3 is 0.907 bits per heavy atom. The van der Waals surface area contributed by atoms with Crippen molar-refractivity contribution in [3.8, 4) is 22.3 Å². The summed E-state index contributed by atoms with van der Waals surface area (Å²) in [7, 11) is 0. The van der Waals surface area contributed by atoms with E-state index in [1.807, 2.05) is 0 Å². The highest BCUT2D eigenvalue weighted by atomic mass is 19.4. The van der Waals surface area contributed by atoms with Crippen LogP contribution in [0.5, 0.6) is 0 Å². The molecule has 5 rings (SSSR count). The van der Waals surface area contributed by atoms with Gasteiger partial charge in [0.1, 0.15) is 0 Å². The quantitative estimate of drug-likeness (QED) is 0.183. The van der Waals surface area contributed by atoms with Crippen LogP contribution in [-0.4, -0.2) is 12.4 Å². The van der Waals surface area contributed by atoms with Gasteiger partial charge in [0, 0.05) is 0 Å². The molecule has 0 amide bonds. The van der Waals surface area contributed by atoms with Crippen LogP contribution in [0.3, 0.4) is 0 Å².